The molecule has 30 heavy (non-hydrogen) atoms. The van der Waals surface area contributed by atoms with Crippen molar-refractivity contribution in [2.45, 2.75) is 82.9 Å². The van der Waals surface area contributed by atoms with E-state index in [1.165, 1.54) is 6.42 Å². The van der Waals surface area contributed by atoms with E-state index in [1.54, 1.807) is 0 Å². The predicted octanol–water partition coefficient (Wildman–Crippen LogP) is 2.58. The van der Waals surface area contributed by atoms with Crippen molar-refractivity contribution in [3.05, 3.63) is 0 Å². The Morgan fingerprint density at radius 2 is 1.70 bits per heavy atom. The van der Waals surface area contributed by atoms with Crippen LogP contribution >= 0.6 is 0 Å². The van der Waals surface area contributed by atoms with Crippen LogP contribution in [0, 0.1) is 17.8 Å². The number of nitrogens with zero attached hydrogens (tertiary/aromatic N) is 2. The number of piperazine rings is 1. The van der Waals surface area contributed by atoms with Crippen molar-refractivity contribution >= 4 is 0 Å². The van der Waals surface area contributed by atoms with Crippen molar-refractivity contribution in [1.82, 2.24) is 9.80 Å². The number of ether oxygens (including phenoxy) is 2. The minimum atomic E-state index is -0.692. The molecule has 0 radical (unpaired) electrons. The Labute approximate surface area is 181 Å². The molecule has 174 valence electrons. The predicted molar refractivity (Wildman–Crippen MR) is 114 cm³/mol. The van der Waals surface area contributed by atoms with Gasteiger partial charge in [0.15, 0.2) is 11.9 Å². The Morgan fingerprint density at radius 3 is 2.40 bits per heavy atom. The highest BCUT2D eigenvalue weighted by Gasteiger charge is 2.63. The molecule has 0 bridgehead atoms. The van der Waals surface area contributed by atoms with Gasteiger partial charge in [-0.3, -0.25) is 10.2 Å². The van der Waals surface area contributed by atoms with E-state index in [4.69, 9.17) is 19.5 Å². The summed E-state index contributed by atoms with van der Waals surface area (Å²) in [5.41, 5.74) is -0.692. The molecule has 0 amide bonds. The lowest BCUT2D eigenvalue weighted by molar-refractivity contribution is -0.441. The fourth-order valence-corrected chi connectivity index (χ4v) is 6.66. The molecule has 4 rings (SSSR count). The summed E-state index contributed by atoms with van der Waals surface area (Å²) < 4.78 is 12.9. The molecular formula is C23H42N2O5. The zero-order valence-corrected chi connectivity index (χ0v) is 18.9. The number of aliphatic hydroxyl groups excluding tert-OH is 1. The maximum Gasteiger partial charge on any atom is 0.190 e. The Kier molecular flexibility index (Phi) is 7.72. The van der Waals surface area contributed by atoms with E-state index in [1.807, 2.05) is 0 Å². The van der Waals surface area contributed by atoms with Crippen LogP contribution in [0.1, 0.15) is 58.8 Å². The Bertz CT molecular complexity index is 544. The van der Waals surface area contributed by atoms with Gasteiger partial charge in [-0.2, -0.15) is 0 Å². The zero-order valence-electron chi connectivity index (χ0n) is 18.9. The fourth-order valence-electron chi connectivity index (χ4n) is 6.66. The van der Waals surface area contributed by atoms with E-state index in [0.717, 1.165) is 77.8 Å². The van der Waals surface area contributed by atoms with Gasteiger partial charge in [0.2, 0.25) is 0 Å². The van der Waals surface area contributed by atoms with E-state index in [0.29, 0.717) is 11.8 Å². The van der Waals surface area contributed by atoms with Crippen LogP contribution in [0.2, 0.25) is 0 Å². The van der Waals surface area contributed by atoms with Crippen molar-refractivity contribution in [3.8, 4) is 0 Å². The van der Waals surface area contributed by atoms with Crippen molar-refractivity contribution in [3.63, 3.8) is 0 Å². The number of hydrogen-bond acceptors (Lipinski definition) is 7. The van der Waals surface area contributed by atoms with E-state index in [2.05, 4.69) is 23.6 Å². The summed E-state index contributed by atoms with van der Waals surface area (Å²) in [4.78, 5) is 10.2. The van der Waals surface area contributed by atoms with Gasteiger partial charge in [0.1, 0.15) is 0 Å². The first-order chi connectivity index (χ1) is 14.6. The molecule has 0 spiro atoms. The molecule has 4 fully saturated rings. The molecule has 1 aliphatic carbocycles. The second kappa shape index (κ2) is 10.1. The fraction of sp³-hybridized carbons (Fsp3) is 1.00. The van der Waals surface area contributed by atoms with Gasteiger partial charge in [-0.1, -0.05) is 13.3 Å². The average Bonchev–Trinajstić information content (AvgIpc) is 2.90. The Balaban J connectivity index is 1.35. The molecule has 3 aliphatic heterocycles. The van der Waals surface area contributed by atoms with E-state index >= 15 is 0 Å². The van der Waals surface area contributed by atoms with Gasteiger partial charge in [0.25, 0.3) is 0 Å². The first-order valence-corrected chi connectivity index (χ1v) is 12.3. The van der Waals surface area contributed by atoms with Crippen LogP contribution in [0.5, 0.6) is 0 Å². The Morgan fingerprint density at radius 1 is 0.967 bits per heavy atom. The third kappa shape index (κ3) is 4.45. The first kappa shape index (κ1) is 22.9. The molecule has 7 atom stereocenters. The maximum atomic E-state index is 10.1. The third-order valence-electron chi connectivity index (χ3n) is 8.45. The van der Waals surface area contributed by atoms with Gasteiger partial charge in [0.05, 0.1) is 18.8 Å². The van der Waals surface area contributed by atoms with Crippen LogP contribution in [0.4, 0.5) is 0 Å². The minimum Gasteiger partial charge on any atom is -0.395 e. The molecule has 0 aromatic heterocycles. The average molecular weight is 427 g/mol. The SMILES string of the molecule is CC1CCC2CCCC3C(C)C(CCCN4CCN(CCO)CC4)OC(O1)C23OO. The second-order valence-electron chi connectivity index (χ2n) is 10.1. The topological polar surface area (TPSA) is 74.6 Å². The summed E-state index contributed by atoms with van der Waals surface area (Å²) in [5, 5.41) is 19.2. The normalized spacial score (nSPS) is 43.2. The number of β-amino-alcohol motifs (C(OH)–C–C–N with tert-alkyl or cyclic N) is 1. The van der Waals surface area contributed by atoms with Gasteiger partial charge < -0.3 is 19.5 Å². The standard InChI is InChI=1S/C23H42N2O5/c1-17-8-9-19-5-3-6-20-18(2)21(29-22(28-17)23(19,20)30-27)7-4-10-24-11-13-25(14-12-24)15-16-26/h17-22,26-27H,3-16H2,1-2H3. The van der Waals surface area contributed by atoms with Crippen molar-refractivity contribution in [2.75, 3.05) is 45.9 Å². The van der Waals surface area contributed by atoms with Gasteiger partial charge in [-0.25, -0.2) is 4.89 Å². The van der Waals surface area contributed by atoms with Crippen molar-refractivity contribution in [1.29, 1.82) is 0 Å². The monoisotopic (exact) mass is 426 g/mol. The van der Waals surface area contributed by atoms with Gasteiger partial charge in [-0.05, 0) is 63.8 Å². The van der Waals surface area contributed by atoms with Crippen LogP contribution in [-0.4, -0.2) is 90.1 Å². The van der Waals surface area contributed by atoms with Gasteiger partial charge in [0, 0.05) is 38.6 Å². The lowest BCUT2D eigenvalue weighted by Crippen LogP contribution is -2.66. The molecule has 3 heterocycles. The summed E-state index contributed by atoms with van der Waals surface area (Å²) in [5.74, 6) is 0.960. The number of rotatable bonds is 7. The molecule has 0 aromatic rings. The van der Waals surface area contributed by atoms with Crippen LogP contribution < -0.4 is 0 Å². The third-order valence-corrected chi connectivity index (χ3v) is 8.45. The quantitative estimate of drug-likeness (QED) is 0.479. The van der Waals surface area contributed by atoms with E-state index in [9.17, 15) is 5.26 Å². The zero-order chi connectivity index (χ0) is 21.1. The number of hydrogen-bond donors (Lipinski definition) is 2. The molecular weight excluding hydrogens is 384 g/mol. The molecule has 0 aromatic carbocycles. The van der Waals surface area contributed by atoms with Crippen LogP contribution in [0.15, 0.2) is 0 Å². The highest BCUT2D eigenvalue weighted by atomic mass is 17.1. The Hall–Kier alpha value is -0.280. The largest absolute Gasteiger partial charge is 0.395 e. The molecule has 7 nitrogen and oxygen atoms in total. The van der Waals surface area contributed by atoms with Crippen molar-refractivity contribution in [2.24, 2.45) is 17.8 Å². The molecule has 7 heteroatoms. The minimum absolute atomic E-state index is 0.137. The van der Waals surface area contributed by atoms with Gasteiger partial charge >= 0.3 is 0 Å². The molecule has 7 unspecified atom stereocenters. The van der Waals surface area contributed by atoms with Gasteiger partial charge in [-0.15, -0.1) is 0 Å². The van der Waals surface area contributed by atoms with E-state index < -0.39 is 11.9 Å². The molecule has 1 saturated carbocycles. The first-order valence-electron chi connectivity index (χ1n) is 12.3. The maximum absolute atomic E-state index is 10.1. The van der Waals surface area contributed by atoms with Crippen LogP contribution in [0.3, 0.4) is 0 Å². The molecule has 2 N–H and O–H groups in total. The summed E-state index contributed by atoms with van der Waals surface area (Å²) in [6.45, 7) is 10.8. The van der Waals surface area contributed by atoms with Crippen molar-refractivity contribution < 1.29 is 24.7 Å². The summed E-state index contributed by atoms with van der Waals surface area (Å²) in [6.07, 6.45) is 7.39. The summed E-state index contributed by atoms with van der Waals surface area (Å²) >= 11 is 0. The highest BCUT2D eigenvalue weighted by Crippen LogP contribution is 2.55. The lowest BCUT2D eigenvalue weighted by atomic mass is 9.60. The van der Waals surface area contributed by atoms with E-state index in [-0.39, 0.29) is 24.7 Å². The van der Waals surface area contributed by atoms with Crippen LogP contribution in [-0.2, 0) is 14.4 Å². The number of aliphatic hydroxyl groups is 1. The second-order valence-corrected chi connectivity index (χ2v) is 10.1. The summed E-state index contributed by atoms with van der Waals surface area (Å²) in [7, 11) is 0. The molecule has 4 aliphatic rings. The molecule has 3 saturated heterocycles. The highest BCUT2D eigenvalue weighted by molar-refractivity contribution is 5.06. The lowest BCUT2D eigenvalue weighted by Gasteiger charge is -2.56. The van der Waals surface area contributed by atoms with Crippen LogP contribution in [0.25, 0.3) is 0 Å². The smallest absolute Gasteiger partial charge is 0.190 e. The summed E-state index contributed by atoms with van der Waals surface area (Å²) in [6, 6.07) is 0.